The van der Waals surface area contributed by atoms with E-state index < -0.39 is 23.8 Å². The second kappa shape index (κ2) is 10.0. The molecule has 2 aliphatic heterocycles. The molecule has 0 aromatic carbocycles. The normalized spacial score (nSPS) is 21.7. The first kappa shape index (κ1) is 25.4. The maximum atomic E-state index is 13.8. The number of hydrogen-bond acceptors (Lipinski definition) is 6. The lowest BCUT2D eigenvalue weighted by molar-refractivity contribution is -0.119. The van der Waals surface area contributed by atoms with Crippen LogP contribution in [0.15, 0.2) is 29.3 Å². The highest BCUT2D eigenvalue weighted by molar-refractivity contribution is 5.51. The molecule has 38 heavy (non-hydrogen) atoms. The largest absolute Gasteiger partial charge is 0.489 e. The van der Waals surface area contributed by atoms with Crippen LogP contribution in [0.25, 0.3) is 5.52 Å². The number of aromatic nitrogens is 4. The SMILES string of the molecule is Cc1ncc2ccc(OC3CC4(C3)CN(CCCc3cnn(C5CCCCO5)c(=O)c3C(F)F)C4)c(C)n12. The van der Waals surface area contributed by atoms with Crippen LogP contribution in [0.2, 0.25) is 0 Å². The first-order valence-electron chi connectivity index (χ1n) is 13.7. The van der Waals surface area contributed by atoms with Gasteiger partial charge in [-0.25, -0.2) is 18.4 Å². The van der Waals surface area contributed by atoms with Crippen molar-refractivity contribution < 1.29 is 18.3 Å². The molecule has 10 heteroatoms. The Morgan fingerprint density at radius 3 is 2.74 bits per heavy atom. The zero-order valence-electron chi connectivity index (χ0n) is 22.0. The molecule has 1 unspecified atom stereocenters. The summed E-state index contributed by atoms with van der Waals surface area (Å²) < 4.78 is 42.8. The van der Waals surface area contributed by atoms with Gasteiger partial charge >= 0.3 is 0 Å². The Balaban J connectivity index is 0.992. The first-order chi connectivity index (χ1) is 18.3. The Morgan fingerprint density at radius 2 is 2.00 bits per heavy atom. The van der Waals surface area contributed by atoms with E-state index >= 15 is 0 Å². The lowest BCUT2D eigenvalue weighted by atomic mass is 9.61. The van der Waals surface area contributed by atoms with Crippen LogP contribution in [-0.2, 0) is 11.2 Å². The topological polar surface area (TPSA) is 73.9 Å². The van der Waals surface area contributed by atoms with Gasteiger partial charge in [-0.05, 0) is 83.0 Å². The summed E-state index contributed by atoms with van der Waals surface area (Å²) in [6, 6.07) is 4.08. The van der Waals surface area contributed by atoms with E-state index in [0.717, 1.165) is 72.8 Å². The molecule has 6 rings (SSSR count). The van der Waals surface area contributed by atoms with Crippen LogP contribution in [0.3, 0.4) is 0 Å². The van der Waals surface area contributed by atoms with E-state index in [0.29, 0.717) is 36.8 Å². The van der Waals surface area contributed by atoms with Crippen LogP contribution in [0, 0.1) is 19.3 Å². The minimum atomic E-state index is -2.82. The van der Waals surface area contributed by atoms with Crippen molar-refractivity contribution in [2.45, 2.75) is 77.6 Å². The quantitative estimate of drug-likeness (QED) is 0.426. The molecular formula is C28H35F2N5O3. The van der Waals surface area contributed by atoms with Gasteiger partial charge in [-0.2, -0.15) is 5.10 Å². The van der Waals surface area contributed by atoms with E-state index in [-0.39, 0.29) is 6.10 Å². The number of alkyl halides is 2. The zero-order chi connectivity index (χ0) is 26.4. The fourth-order valence-electron chi connectivity index (χ4n) is 6.58. The van der Waals surface area contributed by atoms with Crippen molar-refractivity contribution in [3.63, 3.8) is 0 Å². The highest BCUT2D eigenvalue weighted by Gasteiger charge is 2.53. The maximum absolute atomic E-state index is 13.8. The number of hydrogen-bond donors (Lipinski definition) is 0. The molecule has 8 nitrogen and oxygen atoms in total. The lowest BCUT2D eigenvalue weighted by Crippen LogP contribution is -2.64. The molecule has 3 fully saturated rings. The summed E-state index contributed by atoms with van der Waals surface area (Å²) in [7, 11) is 0. The van der Waals surface area contributed by atoms with E-state index in [1.165, 1.54) is 6.20 Å². The van der Waals surface area contributed by atoms with Gasteiger partial charge in [0.15, 0.2) is 6.23 Å². The molecule has 0 amide bonds. The predicted molar refractivity (Wildman–Crippen MR) is 138 cm³/mol. The molecule has 2 saturated heterocycles. The van der Waals surface area contributed by atoms with Gasteiger partial charge in [-0.1, -0.05) is 0 Å². The minimum absolute atomic E-state index is 0.219. The molecule has 0 bridgehead atoms. The van der Waals surface area contributed by atoms with Gasteiger partial charge in [-0.3, -0.25) is 9.20 Å². The molecule has 0 N–H and O–H groups in total. The van der Waals surface area contributed by atoms with Crippen molar-refractivity contribution in [2.24, 2.45) is 5.41 Å². The maximum Gasteiger partial charge on any atom is 0.278 e. The smallest absolute Gasteiger partial charge is 0.278 e. The van der Waals surface area contributed by atoms with Crippen LogP contribution in [0.4, 0.5) is 8.78 Å². The van der Waals surface area contributed by atoms with Gasteiger partial charge in [0.05, 0.1) is 29.2 Å². The second-order valence-electron chi connectivity index (χ2n) is 11.3. The summed E-state index contributed by atoms with van der Waals surface area (Å²) in [5.41, 5.74) is 1.67. The van der Waals surface area contributed by atoms with Crippen LogP contribution in [-0.4, -0.2) is 56.4 Å². The summed E-state index contributed by atoms with van der Waals surface area (Å²) in [4.78, 5) is 19.5. The van der Waals surface area contributed by atoms with Crippen LogP contribution in [0.1, 0.15) is 73.8 Å². The Hall–Kier alpha value is -2.85. The number of nitrogens with zero attached hydrogens (tertiary/aromatic N) is 5. The molecule has 0 radical (unpaired) electrons. The monoisotopic (exact) mass is 527 g/mol. The Labute approximate surface area is 220 Å². The van der Waals surface area contributed by atoms with Gasteiger partial charge in [0.1, 0.15) is 17.7 Å². The van der Waals surface area contributed by atoms with Gasteiger partial charge in [0.2, 0.25) is 0 Å². The third-order valence-corrected chi connectivity index (χ3v) is 8.49. The first-order valence-corrected chi connectivity index (χ1v) is 13.7. The molecule has 1 aliphatic carbocycles. The van der Waals surface area contributed by atoms with Gasteiger partial charge in [0, 0.05) is 25.1 Å². The second-order valence-corrected chi connectivity index (χ2v) is 11.3. The van der Waals surface area contributed by atoms with Crippen molar-refractivity contribution in [1.29, 1.82) is 0 Å². The van der Waals surface area contributed by atoms with Crippen LogP contribution in [0.5, 0.6) is 5.75 Å². The summed E-state index contributed by atoms with van der Waals surface area (Å²) in [6.45, 7) is 7.42. The van der Waals surface area contributed by atoms with Gasteiger partial charge in [0.25, 0.3) is 12.0 Å². The fraction of sp³-hybridized carbons (Fsp3) is 0.607. The van der Waals surface area contributed by atoms with E-state index in [1.54, 1.807) is 0 Å². The average molecular weight is 528 g/mol. The third kappa shape index (κ3) is 4.62. The number of likely N-dealkylation sites (tertiary alicyclic amines) is 1. The number of halogens is 2. The van der Waals surface area contributed by atoms with Gasteiger partial charge < -0.3 is 14.4 Å². The van der Waals surface area contributed by atoms with Crippen molar-refractivity contribution in [2.75, 3.05) is 26.2 Å². The molecular weight excluding hydrogens is 492 g/mol. The van der Waals surface area contributed by atoms with Crippen LogP contribution >= 0.6 is 0 Å². The minimum Gasteiger partial charge on any atom is -0.489 e. The van der Waals surface area contributed by atoms with Crippen molar-refractivity contribution in [3.8, 4) is 5.75 Å². The van der Waals surface area contributed by atoms with E-state index in [1.807, 2.05) is 25.3 Å². The van der Waals surface area contributed by atoms with Crippen molar-refractivity contribution in [3.05, 3.63) is 57.5 Å². The highest BCUT2D eigenvalue weighted by atomic mass is 19.3. The number of ether oxygens (including phenoxy) is 2. The standard InChI is InChI=1S/C28H35F2N5O3/c1-18-23(9-8-21-15-31-19(2)34(18)21)38-22-12-28(13-22)16-33(17-28)10-5-6-20-14-32-35(24-7-3-4-11-37-24)27(36)25(20)26(29)30/h8-9,14-15,22,24,26H,3-7,10-13,16-17H2,1-2H3. The van der Waals surface area contributed by atoms with Crippen molar-refractivity contribution in [1.82, 2.24) is 24.1 Å². The van der Waals surface area contributed by atoms with E-state index in [9.17, 15) is 13.6 Å². The van der Waals surface area contributed by atoms with Crippen molar-refractivity contribution >= 4 is 5.52 Å². The number of aryl methyl sites for hydroxylation is 3. The van der Waals surface area contributed by atoms with E-state index in [2.05, 4.69) is 26.3 Å². The number of rotatable bonds is 8. The zero-order valence-corrected chi connectivity index (χ0v) is 22.0. The summed E-state index contributed by atoms with van der Waals surface area (Å²) >= 11 is 0. The molecule has 3 aliphatic rings. The predicted octanol–water partition coefficient (Wildman–Crippen LogP) is 4.62. The van der Waals surface area contributed by atoms with E-state index in [4.69, 9.17) is 9.47 Å². The summed E-state index contributed by atoms with van der Waals surface area (Å²) in [6.07, 6.45) is 5.79. The Bertz CT molecular complexity index is 1370. The molecule has 3 aromatic rings. The lowest BCUT2D eigenvalue weighted by Gasteiger charge is -2.58. The molecule has 1 saturated carbocycles. The number of imidazole rings is 1. The molecule has 5 heterocycles. The molecule has 1 atom stereocenters. The molecule has 204 valence electrons. The molecule has 1 spiro atoms. The highest BCUT2D eigenvalue weighted by Crippen LogP contribution is 2.49. The number of fused-ring (bicyclic) bond motifs is 1. The molecule has 3 aromatic heterocycles. The number of pyridine rings is 1. The Kier molecular flexibility index (Phi) is 6.72. The average Bonchev–Trinajstić information content (AvgIpc) is 3.24. The third-order valence-electron chi connectivity index (χ3n) is 8.49. The van der Waals surface area contributed by atoms with Crippen LogP contribution < -0.4 is 10.3 Å². The summed E-state index contributed by atoms with van der Waals surface area (Å²) in [5, 5.41) is 4.20. The summed E-state index contributed by atoms with van der Waals surface area (Å²) in [5.74, 6) is 1.87. The Morgan fingerprint density at radius 1 is 1.18 bits per heavy atom. The van der Waals surface area contributed by atoms with Gasteiger partial charge in [-0.15, -0.1) is 0 Å². The fourth-order valence-corrected chi connectivity index (χ4v) is 6.58.